The second kappa shape index (κ2) is 7.85. The van der Waals surface area contributed by atoms with E-state index < -0.39 is 0 Å². The molecule has 0 aromatic heterocycles. The molecule has 0 aromatic carbocycles. The third-order valence-corrected chi connectivity index (χ3v) is 9.61. The van der Waals surface area contributed by atoms with Gasteiger partial charge < -0.3 is 0 Å². The molecule has 0 spiro atoms. The molecular formula is C25H41N. The molecule has 1 nitrogen and oxygen atoms in total. The van der Waals surface area contributed by atoms with E-state index in [-0.39, 0.29) is 5.41 Å². The van der Waals surface area contributed by atoms with Gasteiger partial charge in [0.1, 0.15) is 0 Å². The van der Waals surface area contributed by atoms with Crippen molar-refractivity contribution in [3.63, 3.8) is 0 Å². The van der Waals surface area contributed by atoms with Crippen LogP contribution in [0.4, 0.5) is 0 Å². The first-order chi connectivity index (χ1) is 12.7. The molecule has 0 N–H and O–H groups in total. The fourth-order valence-corrected chi connectivity index (χ4v) is 8.38. The number of unbranched alkanes of at least 4 members (excludes halogenated alkanes) is 1. The van der Waals surface area contributed by atoms with Crippen LogP contribution in [-0.4, -0.2) is 0 Å². The highest BCUT2D eigenvalue weighted by Gasteiger charge is 2.52. The summed E-state index contributed by atoms with van der Waals surface area (Å²) in [7, 11) is 0. The highest BCUT2D eigenvalue weighted by molar-refractivity contribution is 5.07. The zero-order chi connectivity index (χ0) is 18.1. The van der Waals surface area contributed by atoms with Crippen molar-refractivity contribution in [2.24, 2.45) is 46.8 Å². The van der Waals surface area contributed by atoms with Crippen LogP contribution >= 0.6 is 0 Å². The summed E-state index contributed by atoms with van der Waals surface area (Å²) in [5.41, 5.74) is 0.0410. The van der Waals surface area contributed by atoms with Crippen molar-refractivity contribution in [3.05, 3.63) is 0 Å². The molecule has 4 saturated carbocycles. The second-order valence-electron chi connectivity index (χ2n) is 10.6. The Labute approximate surface area is 162 Å². The van der Waals surface area contributed by atoms with Crippen LogP contribution in [0.3, 0.4) is 0 Å². The quantitative estimate of drug-likeness (QED) is 0.516. The maximum Gasteiger partial charge on any atom is 0.0689 e. The molecule has 146 valence electrons. The molecule has 0 aromatic rings. The zero-order valence-corrected chi connectivity index (χ0v) is 17.4. The lowest BCUT2D eigenvalue weighted by atomic mass is 9.48. The van der Waals surface area contributed by atoms with Crippen LogP contribution in [-0.2, 0) is 0 Å². The van der Waals surface area contributed by atoms with Gasteiger partial charge in [0.15, 0.2) is 0 Å². The summed E-state index contributed by atoms with van der Waals surface area (Å²) in [4.78, 5) is 0. The van der Waals surface area contributed by atoms with Gasteiger partial charge >= 0.3 is 0 Å². The van der Waals surface area contributed by atoms with E-state index in [0.717, 1.165) is 41.4 Å². The first-order valence-electron chi connectivity index (χ1n) is 12.1. The predicted octanol–water partition coefficient (Wildman–Crippen LogP) is 7.37. The molecule has 0 saturated heterocycles. The molecule has 6 unspecified atom stereocenters. The average Bonchev–Trinajstić information content (AvgIpc) is 2.70. The maximum atomic E-state index is 9.95. The van der Waals surface area contributed by atoms with Gasteiger partial charge in [-0.1, -0.05) is 46.0 Å². The minimum Gasteiger partial charge on any atom is -0.198 e. The number of rotatable bonds is 4. The molecule has 0 radical (unpaired) electrons. The number of hydrogen-bond donors (Lipinski definition) is 0. The monoisotopic (exact) mass is 355 g/mol. The van der Waals surface area contributed by atoms with Crippen molar-refractivity contribution in [2.75, 3.05) is 0 Å². The maximum absolute atomic E-state index is 9.95. The van der Waals surface area contributed by atoms with E-state index in [1.807, 2.05) is 0 Å². The van der Waals surface area contributed by atoms with Crippen molar-refractivity contribution >= 4 is 0 Å². The fourth-order valence-electron chi connectivity index (χ4n) is 8.38. The fraction of sp³-hybridized carbons (Fsp3) is 0.960. The first kappa shape index (κ1) is 18.8. The van der Waals surface area contributed by atoms with Crippen LogP contribution in [0.2, 0.25) is 0 Å². The lowest BCUT2D eigenvalue weighted by Crippen LogP contribution is -2.49. The van der Waals surface area contributed by atoms with Crippen LogP contribution in [0.1, 0.15) is 104 Å². The topological polar surface area (TPSA) is 23.8 Å². The van der Waals surface area contributed by atoms with Crippen LogP contribution in [0.15, 0.2) is 0 Å². The van der Waals surface area contributed by atoms with E-state index >= 15 is 0 Å². The molecule has 4 rings (SSSR count). The second-order valence-corrected chi connectivity index (χ2v) is 10.6. The van der Waals surface area contributed by atoms with Gasteiger partial charge in [-0.05, 0) is 99.2 Å². The van der Waals surface area contributed by atoms with Gasteiger partial charge in [0.25, 0.3) is 0 Å². The molecule has 4 aliphatic rings. The molecule has 0 amide bonds. The van der Waals surface area contributed by atoms with E-state index in [1.54, 1.807) is 6.42 Å². The summed E-state index contributed by atoms with van der Waals surface area (Å²) >= 11 is 0. The molecule has 26 heavy (non-hydrogen) atoms. The largest absolute Gasteiger partial charge is 0.198 e. The lowest BCUT2D eigenvalue weighted by Gasteiger charge is -2.57. The van der Waals surface area contributed by atoms with Crippen LogP contribution in [0, 0.1) is 58.2 Å². The van der Waals surface area contributed by atoms with Gasteiger partial charge in [0.05, 0.1) is 11.5 Å². The molecule has 1 heteroatoms. The van der Waals surface area contributed by atoms with Gasteiger partial charge in [-0.2, -0.15) is 5.26 Å². The van der Waals surface area contributed by atoms with E-state index in [4.69, 9.17) is 0 Å². The van der Waals surface area contributed by atoms with Crippen LogP contribution in [0.25, 0.3) is 0 Å². The number of fused-ring (bicyclic) bond motifs is 5. The first-order valence-corrected chi connectivity index (χ1v) is 12.1. The van der Waals surface area contributed by atoms with Gasteiger partial charge in [-0.25, -0.2) is 0 Å². The van der Waals surface area contributed by atoms with E-state index in [1.165, 1.54) is 83.5 Å². The van der Waals surface area contributed by atoms with Crippen molar-refractivity contribution in [2.45, 2.75) is 104 Å². The number of nitrogens with zero attached hydrogens (tertiary/aromatic N) is 1. The Hall–Kier alpha value is -0.510. The SMILES string of the molecule is CCCC[C@@]1(C#N)CCC2C(CCC3C2CCC2C3CCC[C@H]2CC)C1. The summed E-state index contributed by atoms with van der Waals surface area (Å²) in [6.45, 7) is 4.71. The molecule has 0 bridgehead atoms. The molecule has 0 heterocycles. The smallest absolute Gasteiger partial charge is 0.0689 e. The summed E-state index contributed by atoms with van der Waals surface area (Å²) in [5, 5.41) is 9.95. The van der Waals surface area contributed by atoms with Gasteiger partial charge in [-0.15, -0.1) is 0 Å². The Morgan fingerprint density at radius 1 is 0.846 bits per heavy atom. The Morgan fingerprint density at radius 2 is 1.58 bits per heavy atom. The van der Waals surface area contributed by atoms with Crippen molar-refractivity contribution in [1.29, 1.82) is 5.26 Å². The van der Waals surface area contributed by atoms with E-state index in [2.05, 4.69) is 19.9 Å². The highest BCUT2D eigenvalue weighted by Crippen LogP contribution is 2.60. The van der Waals surface area contributed by atoms with Gasteiger partial charge in [-0.3, -0.25) is 0 Å². The van der Waals surface area contributed by atoms with Crippen LogP contribution < -0.4 is 0 Å². The van der Waals surface area contributed by atoms with Crippen LogP contribution in [0.5, 0.6) is 0 Å². The molecule has 4 fully saturated rings. The molecule has 8 atom stereocenters. The third kappa shape index (κ3) is 3.25. The molecule has 4 aliphatic carbocycles. The zero-order valence-electron chi connectivity index (χ0n) is 17.4. The summed E-state index contributed by atoms with van der Waals surface area (Å²) in [6.07, 6.45) is 19.5. The Balaban J connectivity index is 1.46. The Kier molecular flexibility index (Phi) is 5.69. The Bertz CT molecular complexity index is 519. The van der Waals surface area contributed by atoms with E-state index in [0.29, 0.717) is 0 Å². The Morgan fingerprint density at radius 3 is 2.35 bits per heavy atom. The standard InChI is InChI=1S/C25H41N/c1-3-5-14-25(17-26)15-13-21-19(16-25)9-10-24-22-8-6-7-18(4-2)20(22)11-12-23(21)24/h18-24H,3-16H2,1-2H3/t18-,19?,20?,21?,22?,23?,24?,25-/m1/s1. The number of hydrogen-bond acceptors (Lipinski definition) is 1. The van der Waals surface area contributed by atoms with Gasteiger partial charge in [0.2, 0.25) is 0 Å². The number of nitriles is 1. The average molecular weight is 356 g/mol. The highest BCUT2D eigenvalue weighted by atomic mass is 14.6. The summed E-state index contributed by atoms with van der Waals surface area (Å²) in [6, 6.07) is 2.82. The van der Waals surface area contributed by atoms with Crippen molar-refractivity contribution in [3.8, 4) is 6.07 Å². The van der Waals surface area contributed by atoms with Crippen molar-refractivity contribution < 1.29 is 0 Å². The van der Waals surface area contributed by atoms with Crippen molar-refractivity contribution in [1.82, 2.24) is 0 Å². The van der Waals surface area contributed by atoms with E-state index in [9.17, 15) is 5.26 Å². The summed E-state index contributed by atoms with van der Waals surface area (Å²) in [5.74, 6) is 7.10. The predicted molar refractivity (Wildman–Crippen MR) is 108 cm³/mol. The van der Waals surface area contributed by atoms with Gasteiger partial charge in [0, 0.05) is 0 Å². The minimum atomic E-state index is 0.0410. The normalized spacial score (nSPS) is 48.0. The molecular weight excluding hydrogens is 314 g/mol. The minimum absolute atomic E-state index is 0.0410. The summed E-state index contributed by atoms with van der Waals surface area (Å²) < 4.78 is 0. The molecule has 0 aliphatic heterocycles. The third-order valence-electron chi connectivity index (χ3n) is 9.61. The lowest BCUT2D eigenvalue weighted by molar-refractivity contribution is -0.0711.